The van der Waals surface area contributed by atoms with Crippen molar-refractivity contribution in [3.63, 3.8) is 0 Å². The van der Waals surface area contributed by atoms with Crippen LogP contribution in [0.25, 0.3) is 0 Å². The molecule has 1 aromatic carbocycles. The number of fused-ring (bicyclic) bond motifs is 1. The zero-order chi connectivity index (χ0) is 13.4. The number of nitrogens with two attached hydrogens (primary N) is 1. The Labute approximate surface area is 111 Å². The topological polar surface area (TPSA) is 38.5 Å². The lowest BCUT2D eigenvalue weighted by Crippen LogP contribution is -2.53. The summed E-state index contributed by atoms with van der Waals surface area (Å²) in [6.45, 7) is 1.10. The summed E-state index contributed by atoms with van der Waals surface area (Å²) in [5, 5.41) is 0. The van der Waals surface area contributed by atoms with E-state index in [1.807, 2.05) is 4.90 Å². The number of morpholine rings is 1. The molecule has 2 N–H and O–H groups in total. The van der Waals surface area contributed by atoms with Gasteiger partial charge >= 0.3 is 0 Å². The van der Waals surface area contributed by atoms with Gasteiger partial charge in [-0.1, -0.05) is 12.8 Å². The van der Waals surface area contributed by atoms with E-state index in [1.165, 1.54) is 6.07 Å². The summed E-state index contributed by atoms with van der Waals surface area (Å²) >= 11 is 0. The molecule has 5 heteroatoms. The van der Waals surface area contributed by atoms with Gasteiger partial charge in [0.05, 0.1) is 30.1 Å². The third-order valence-electron chi connectivity index (χ3n) is 4.12. The number of hydrogen-bond donors (Lipinski definition) is 1. The van der Waals surface area contributed by atoms with Crippen LogP contribution in [-0.4, -0.2) is 25.3 Å². The first-order chi connectivity index (χ1) is 9.18. The van der Waals surface area contributed by atoms with Gasteiger partial charge < -0.3 is 15.4 Å². The molecule has 3 nitrogen and oxygen atoms in total. The fourth-order valence-corrected chi connectivity index (χ4v) is 3.22. The maximum Gasteiger partial charge on any atom is 0.184 e. The summed E-state index contributed by atoms with van der Waals surface area (Å²) in [5.74, 6) is -1.69. The van der Waals surface area contributed by atoms with Crippen LogP contribution in [-0.2, 0) is 4.74 Å². The van der Waals surface area contributed by atoms with Crippen LogP contribution in [0.15, 0.2) is 12.1 Å². The van der Waals surface area contributed by atoms with E-state index in [4.69, 9.17) is 10.5 Å². The molecule has 2 atom stereocenters. The van der Waals surface area contributed by atoms with Gasteiger partial charge in [-0.25, -0.2) is 8.78 Å². The van der Waals surface area contributed by atoms with Gasteiger partial charge in [0.15, 0.2) is 11.6 Å². The Kier molecular flexibility index (Phi) is 3.31. The second-order valence-corrected chi connectivity index (χ2v) is 5.25. The molecular weight excluding hydrogens is 250 g/mol. The first kappa shape index (κ1) is 12.7. The van der Waals surface area contributed by atoms with Crippen LogP contribution in [0.2, 0.25) is 0 Å². The summed E-state index contributed by atoms with van der Waals surface area (Å²) in [6.07, 6.45) is 4.27. The normalized spacial score (nSPS) is 27.2. The van der Waals surface area contributed by atoms with Crippen LogP contribution < -0.4 is 10.6 Å². The van der Waals surface area contributed by atoms with Crippen molar-refractivity contribution in [2.24, 2.45) is 0 Å². The minimum Gasteiger partial charge on any atom is -0.397 e. The predicted octanol–water partition coefficient (Wildman–Crippen LogP) is 2.69. The molecule has 1 aliphatic heterocycles. The highest BCUT2D eigenvalue weighted by Gasteiger charge is 2.36. The van der Waals surface area contributed by atoms with Crippen LogP contribution in [0.3, 0.4) is 0 Å². The lowest BCUT2D eigenvalue weighted by Gasteiger charge is -2.45. The van der Waals surface area contributed by atoms with E-state index >= 15 is 0 Å². The maximum atomic E-state index is 14.1. The quantitative estimate of drug-likeness (QED) is 0.796. The number of rotatable bonds is 1. The fraction of sp³-hybridized carbons (Fsp3) is 0.571. The molecule has 0 spiro atoms. The lowest BCUT2D eigenvalue weighted by molar-refractivity contribution is -0.00889. The van der Waals surface area contributed by atoms with Crippen molar-refractivity contribution >= 4 is 11.4 Å². The van der Waals surface area contributed by atoms with Crippen molar-refractivity contribution in [3.05, 3.63) is 23.8 Å². The van der Waals surface area contributed by atoms with Crippen molar-refractivity contribution in [2.75, 3.05) is 23.8 Å². The molecule has 1 saturated heterocycles. The molecule has 2 aliphatic rings. The first-order valence-corrected chi connectivity index (χ1v) is 6.80. The van der Waals surface area contributed by atoms with E-state index in [0.717, 1.165) is 31.7 Å². The molecule has 0 amide bonds. The van der Waals surface area contributed by atoms with Gasteiger partial charge in [0.2, 0.25) is 0 Å². The predicted molar refractivity (Wildman–Crippen MR) is 70.1 cm³/mol. The molecule has 1 aromatic rings. The lowest BCUT2D eigenvalue weighted by atomic mass is 9.89. The van der Waals surface area contributed by atoms with Crippen LogP contribution in [0.4, 0.5) is 20.2 Å². The average molecular weight is 268 g/mol. The van der Waals surface area contributed by atoms with E-state index in [-0.39, 0.29) is 17.8 Å². The number of nitrogen functional groups attached to an aromatic ring is 1. The summed E-state index contributed by atoms with van der Waals surface area (Å²) in [5.41, 5.74) is 6.36. The Balaban J connectivity index is 1.98. The molecule has 2 unspecified atom stereocenters. The first-order valence-electron chi connectivity index (χ1n) is 6.80. The van der Waals surface area contributed by atoms with Gasteiger partial charge in [-0.15, -0.1) is 0 Å². The number of anilines is 2. The van der Waals surface area contributed by atoms with Crippen molar-refractivity contribution in [1.29, 1.82) is 0 Å². The Bertz CT molecular complexity index is 479. The Morgan fingerprint density at radius 2 is 2.00 bits per heavy atom. The van der Waals surface area contributed by atoms with Crippen molar-refractivity contribution in [3.8, 4) is 0 Å². The summed E-state index contributed by atoms with van der Waals surface area (Å²) in [4.78, 5) is 1.90. The highest BCUT2D eigenvalue weighted by molar-refractivity contribution is 5.69. The standard InChI is InChI=1S/C14H18F2N2O/c15-9-5-6-10(17)14(13(9)16)18-7-8-19-12-4-2-1-3-11(12)18/h5-6,11-12H,1-4,7-8,17H2. The van der Waals surface area contributed by atoms with Gasteiger partial charge in [0.1, 0.15) is 0 Å². The molecule has 1 aliphatic carbocycles. The highest BCUT2D eigenvalue weighted by Crippen LogP contribution is 2.36. The molecule has 1 heterocycles. The SMILES string of the molecule is Nc1ccc(F)c(F)c1N1CCOC2CCCCC21. The van der Waals surface area contributed by atoms with Crippen LogP contribution >= 0.6 is 0 Å². The Hall–Kier alpha value is -1.36. The van der Waals surface area contributed by atoms with Crippen molar-refractivity contribution < 1.29 is 13.5 Å². The van der Waals surface area contributed by atoms with E-state index in [2.05, 4.69) is 0 Å². The average Bonchev–Trinajstić information content (AvgIpc) is 2.44. The van der Waals surface area contributed by atoms with Crippen LogP contribution in [0, 0.1) is 11.6 Å². The van der Waals surface area contributed by atoms with E-state index in [1.54, 1.807) is 0 Å². The molecule has 0 bridgehead atoms. The molecule has 2 fully saturated rings. The fourth-order valence-electron chi connectivity index (χ4n) is 3.22. The second-order valence-electron chi connectivity index (χ2n) is 5.25. The zero-order valence-corrected chi connectivity index (χ0v) is 10.7. The number of hydrogen-bond acceptors (Lipinski definition) is 3. The van der Waals surface area contributed by atoms with Crippen molar-refractivity contribution in [2.45, 2.75) is 37.8 Å². The van der Waals surface area contributed by atoms with E-state index in [0.29, 0.717) is 18.8 Å². The van der Waals surface area contributed by atoms with Crippen LogP contribution in [0.1, 0.15) is 25.7 Å². The largest absolute Gasteiger partial charge is 0.397 e. The maximum absolute atomic E-state index is 14.1. The van der Waals surface area contributed by atoms with Crippen molar-refractivity contribution in [1.82, 2.24) is 0 Å². The second kappa shape index (κ2) is 4.96. The third-order valence-corrected chi connectivity index (χ3v) is 4.12. The zero-order valence-electron chi connectivity index (χ0n) is 10.7. The van der Waals surface area contributed by atoms with Gasteiger partial charge in [-0.05, 0) is 25.0 Å². The van der Waals surface area contributed by atoms with Gasteiger partial charge in [-0.2, -0.15) is 0 Å². The monoisotopic (exact) mass is 268 g/mol. The van der Waals surface area contributed by atoms with Gasteiger partial charge in [0, 0.05) is 6.54 Å². The molecule has 0 aromatic heterocycles. The number of benzene rings is 1. The Morgan fingerprint density at radius 3 is 2.84 bits per heavy atom. The highest BCUT2D eigenvalue weighted by atomic mass is 19.2. The van der Waals surface area contributed by atoms with E-state index in [9.17, 15) is 8.78 Å². The number of nitrogens with zero attached hydrogens (tertiary/aromatic N) is 1. The molecule has 0 radical (unpaired) electrons. The number of ether oxygens (including phenoxy) is 1. The third kappa shape index (κ3) is 2.16. The summed E-state index contributed by atoms with van der Waals surface area (Å²) in [7, 11) is 0. The molecule has 104 valence electrons. The molecular formula is C14H18F2N2O. The number of halogens is 2. The van der Waals surface area contributed by atoms with Gasteiger partial charge in [-0.3, -0.25) is 0 Å². The van der Waals surface area contributed by atoms with E-state index < -0.39 is 11.6 Å². The minimum atomic E-state index is -0.844. The van der Waals surface area contributed by atoms with Gasteiger partial charge in [0.25, 0.3) is 0 Å². The molecule has 1 saturated carbocycles. The molecule has 3 rings (SSSR count). The summed E-state index contributed by atoms with van der Waals surface area (Å²) in [6, 6.07) is 2.62. The summed E-state index contributed by atoms with van der Waals surface area (Å²) < 4.78 is 33.3. The molecule has 19 heavy (non-hydrogen) atoms. The van der Waals surface area contributed by atoms with Crippen LogP contribution in [0.5, 0.6) is 0 Å². The smallest absolute Gasteiger partial charge is 0.184 e. The Morgan fingerprint density at radius 1 is 1.21 bits per heavy atom. The minimum absolute atomic E-state index is 0.112.